The highest BCUT2D eigenvalue weighted by Crippen LogP contribution is 2.30. The number of nitrogens with zero attached hydrogens (tertiary/aromatic N) is 2. The molecule has 0 aliphatic rings. The molecule has 21 heavy (non-hydrogen) atoms. The smallest absolute Gasteiger partial charge is 0.150 e. The summed E-state index contributed by atoms with van der Waals surface area (Å²) in [7, 11) is 1.64. The summed E-state index contributed by atoms with van der Waals surface area (Å²) in [6.45, 7) is 0. The fourth-order valence-electron chi connectivity index (χ4n) is 1.97. The summed E-state index contributed by atoms with van der Waals surface area (Å²) in [4.78, 5) is 8.82. The third-order valence-corrected chi connectivity index (χ3v) is 5.02. The molecule has 0 aliphatic heterocycles. The third-order valence-electron chi connectivity index (χ3n) is 3.00. The van der Waals surface area contributed by atoms with Gasteiger partial charge >= 0.3 is 0 Å². The monoisotopic (exact) mass is 318 g/mol. The van der Waals surface area contributed by atoms with Crippen LogP contribution in [0.25, 0.3) is 10.9 Å². The predicted molar refractivity (Wildman–Crippen MR) is 87.8 cm³/mol. The van der Waals surface area contributed by atoms with Crippen LogP contribution in [0.3, 0.4) is 0 Å². The fourth-order valence-corrected chi connectivity index (χ4v) is 3.58. The van der Waals surface area contributed by atoms with E-state index in [0.29, 0.717) is 5.82 Å². The second-order valence-corrected chi connectivity index (χ2v) is 6.40. The van der Waals surface area contributed by atoms with Gasteiger partial charge in [0.15, 0.2) is 0 Å². The van der Waals surface area contributed by atoms with Crippen LogP contribution in [0.2, 0.25) is 0 Å². The zero-order valence-electron chi connectivity index (χ0n) is 11.4. The number of benzene rings is 1. The Bertz CT molecular complexity index is 746. The van der Waals surface area contributed by atoms with Crippen molar-refractivity contribution in [1.29, 1.82) is 0 Å². The number of nitrogen functional groups attached to an aromatic ring is 1. The summed E-state index contributed by atoms with van der Waals surface area (Å²) in [5, 5.41) is 3.03. The van der Waals surface area contributed by atoms with Gasteiger partial charge in [0.25, 0.3) is 0 Å². The van der Waals surface area contributed by atoms with Crippen LogP contribution in [-0.2, 0) is 5.75 Å². The molecule has 0 amide bonds. The van der Waals surface area contributed by atoms with E-state index in [2.05, 4.69) is 21.5 Å². The largest absolute Gasteiger partial charge is 0.497 e. The topological polar surface area (TPSA) is 73.1 Å². The molecule has 0 saturated carbocycles. The summed E-state index contributed by atoms with van der Waals surface area (Å²) in [6.07, 6.45) is 1.81. The average Bonchev–Trinajstić information content (AvgIpc) is 3.04. The highest BCUT2D eigenvalue weighted by molar-refractivity contribution is 8.00. The molecule has 0 saturated heterocycles. The van der Waals surface area contributed by atoms with Gasteiger partial charge in [-0.2, -0.15) is 0 Å². The van der Waals surface area contributed by atoms with Crippen molar-refractivity contribution in [2.75, 3.05) is 12.5 Å². The number of aromatic nitrogens is 2. The Kier molecular flexibility index (Phi) is 4.23. The lowest BCUT2D eigenvalue weighted by atomic mass is 10.1. The first-order valence-corrected chi connectivity index (χ1v) is 8.13. The molecule has 3 aromatic rings. The summed E-state index contributed by atoms with van der Waals surface area (Å²) in [5.74, 6) is 7.82. The van der Waals surface area contributed by atoms with E-state index in [0.717, 1.165) is 32.3 Å². The molecule has 2 aromatic heterocycles. The van der Waals surface area contributed by atoms with Gasteiger partial charge in [0.05, 0.1) is 12.6 Å². The highest BCUT2D eigenvalue weighted by Gasteiger charge is 2.08. The first-order chi connectivity index (χ1) is 10.3. The number of ether oxygens (including phenoxy) is 1. The van der Waals surface area contributed by atoms with Crippen LogP contribution >= 0.6 is 23.1 Å². The number of nitrogens with one attached hydrogen (secondary N) is 1. The van der Waals surface area contributed by atoms with E-state index in [1.54, 1.807) is 36.4 Å². The number of thiazole rings is 1. The molecule has 3 rings (SSSR count). The fraction of sp³-hybridized carbons (Fsp3) is 0.143. The molecule has 0 atom stereocenters. The Morgan fingerprint density at radius 2 is 2.29 bits per heavy atom. The Balaban J connectivity index is 1.93. The third kappa shape index (κ3) is 3.10. The minimum Gasteiger partial charge on any atom is -0.497 e. The molecule has 0 spiro atoms. The molecule has 5 nitrogen and oxygen atoms in total. The number of rotatable bonds is 5. The number of fused-ring (bicyclic) bond motifs is 1. The van der Waals surface area contributed by atoms with Crippen molar-refractivity contribution in [3.05, 3.63) is 41.4 Å². The summed E-state index contributed by atoms with van der Waals surface area (Å²) >= 11 is 3.30. The molecule has 0 bridgehead atoms. The van der Waals surface area contributed by atoms with Gasteiger partial charge < -0.3 is 10.2 Å². The van der Waals surface area contributed by atoms with Crippen molar-refractivity contribution in [3.8, 4) is 5.75 Å². The van der Waals surface area contributed by atoms with Crippen LogP contribution in [0, 0.1) is 0 Å². The maximum Gasteiger partial charge on any atom is 0.150 e. The second-order valence-electron chi connectivity index (χ2n) is 4.29. The standard InChI is InChI=1S/C14H14N4OS2/c1-19-11-3-2-9-6-10(8-21-14-16-4-5-20-14)13(18-15)17-12(9)7-11/h2-7H,8,15H2,1H3,(H,17,18). The number of hydrogen-bond acceptors (Lipinski definition) is 7. The summed E-state index contributed by atoms with van der Waals surface area (Å²) in [5.41, 5.74) is 4.58. The first-order valence-electron chi connectivity index (χ1n) is 6.26. The number of hydrogen-bond donors (Lipinski definition) is 2. The average molecular weight is 318 g/mol. The Labute approximate surface area is 130 Å². The second kappa shape index (κ2) is 6.30. The Morgan fingerprint density at radius 1 is 1.38 bits per heavy atom. The van der Waals surface area contributed by atoms with E-state index in [1.165, 1.54) is 0 Å². The molecule has 0 radical (unpaired) electrons. The zero-order chi connectivity index (χ0) is 14.7. The molecule has 1 aromatic carbocycles. The quantitative estimate of drug-likeness (QED) is 0.427. The number of pyridine rings is 1. The van der Waals surface area contributed by atoms with E-state index in [9.17, 15) is 0 Å². The van der Waals surface area contributed by atoms with Crippen molar-refractivity contribution in [1.82, 2.24) is 9.97 Å². The van der Waals surface area contributed by atoms with E-state index >= 15 is 0 Å². The van der Waals surface area contributed by atoms with Crippen molar-refractivity contribution in [2.24, 2.45) is 5.84 Å². The minimum atomic E-state index is 0.680. The van der Waals surface area contributed by atoms with Crippen LogP contribution in [0.4, 0.5) is 5.82 Å². The van der Waals surface area contributed by atoms with Gasteiger partial charge in [-0.1, -0.05) is 11.8 Å². The van der Waals surface area contributed by atoms with E-state index in [1.807, 2.05) is 23.6 Å². The zero-order valence-corrected chi connectivity index (χ0v) is 13.0. The number of nitrogens with two attached hydrogens (primary N) is 1. The predicted octanol–water partition coefficient (Wildman–Crippen LogP) is 3.28. The first kappa shape index (κ1) is 14.1. The normalized spacial score (nSPS) is 10.8. The lowest BCUT2D eigenvalue weighted by Gasteiger charge is -2.10. The van der Waals surface area contributed by atoms with Crippen LogP contribution < -0.4 is 16.0 Å². The maximum absolute atomic E-state index is 5.60. The maximum atomic E-state index is 5.60. The lowest BCUT2D eigenvalue weighted by Crippen LogP contribution is -2.11. The van der Waals surface area contributed by atoms with Crippen molar-refractivity contribution in [2.45, 2.75) is 10.1 Å². The van der Waals surface area contributed by atoms with Gasteiger partial charge in [-0.25, -0.2) is 15.8 Å². The van der Waals surface area contributed by atoms with Crippen molar-refractivity contribution in [3.63, 3.8) is 0 Å². The van der Waals surface area contributed by atoms with Gasteiger partial charge in [-0.05, 0) is 18.2 Å². The van der Waals surface area contributed by atoms with Gasteiger partial charge in [0, 0.05) is 34.3 Å². The Morgan fingerprint density at radius 3 is 3.00 bits per heavy atom. The lowest BCUT2D eigenvalue weighted by molar-refractivity contribution is 0.415. The van der Waals surface area contributed by atoms with Crippen molar-refractivity contribution < 1.29 is 4.74 Å². The van der Waals surface area contributed by atoms with Gasteiger partial charge in [0.1, 0.15) is 15.9 Å². The molecule has 0 unspecified atom stereocenters. The Hall–Kier alpha value is -1.83. The van der Waals surface area contributed by atoms with Crippen molar-refractivity contribution >= 4 is 39.8 Å². The van der Waals surface area contributed by atoms with Crippen LogP contribution in [0.15, 0.2) is 40.2 Å². The SMILES string of the molecule is COc1ccc2cc(CSc3nccs3)c(NN)nc2c1. The molecule has 7 heteroatoms. The van der Waals surface area contributed by atoms with Gasteiger partial charge in [0.2, 0.25) is 0 Å². The van der Waals surface area contributed by atoms with E-state index < -0.39 is 0 Å². The number of thioether (sulfide) groups is 1. The van der Waals surface area contributed by atoms with Gasteiger partial charge in [-0.3, -0.25) is 0 Å². The molecule has 3 N–H and O–H groups in total. The van der Waals surface area contributed by atoms with Crippen LogP contribution in [0.5, 0.6) is 5.75 Å². The molecule has 0 aliphatic carbocycles. The number of anilines is 1. The van der Waals surface area contributed by atoms with Crippen LogP contribution in [0.1, 0.15) is 5.56 Å². The molecule has 0 fully saturated rings. The highest BCUT2D eigenvalue weighted by atomic mass is 32.2. The molecule has 108 valence electrons. The molecule has 2 heterocycles. The van der Waals surface area contributed by atoms with E-state index in [-0.39, 0.29) is 0 Å². The minimum absolute atomic E-state index is 0.680. The number of hydrazine groups is 1. The van der Waals surface area contributed by atoms with Gasteiger partial charge in [-0.15, -0.1) is 11.3 Å². The van der Waals surface area contributed by atoms with E-state index in [4.69, 9.17) is 10.6 Å². The van der Waals surface area contributed by atoms with Crippen LogP contribution in [-0.4, -0.2) is 17.1 Å². The molecular formula is C14H14N4OS2. The summed E-state index contributed by atoms with van der Waals surface area (Å²) < 4.78 is 6.25. The molecular weight excluding hydrogens is 304 g/mol. The number of methoxy groups -OCH3 is 1. The summed E-state index contributed by atoms with van der Waals surface area (Å²) in [6, 6.07) is 7.92.